The Morgan fingerprint density at radius 2 is 2.19 bits per heavy atom. The van der Waals surface area contributed by atoms with E-state index in [1.54, 1.807) is 0 Å². The van der Waals surface area contributed by atoms with Crippen molar-refractivity contribution in [2.75, 3.05) is 5.73 Å². The van der Waals surface area contributed by atoms with Gasteiger partial charge in [0.15, 0.2) is 18.5 Å². The highest BCUT2D eigenvalue weighted by atomic mass is 15.2. The molecule has 0 saturated heterocycles. The molecule has 0 unspecified atom stereocenters. The molecule has 0 aliphatic carbocycles. The fraction of sp³-hybridized carbons (Fsp3) is 0.182. The number of allylic oxidation sites excluding steroid dienone is 2. The van der Waals surface area contributed by atoms with Crippen LogP contribution in [-0.2, 0) is 13.1 Å². The Morgan fingerprint density at radius 3 is 2.88 bits per heavy atom. The predicted molar refractivity (Wildman–Crippen MR) is 62.5 cm³/mol. The quantitative estimate of drug-likeness (QED) is 0.603. The Bertz CT molecular complexity index is 541. The van der Waals surface area contributed by atoms with Gasteiger partial charge in [-0.2, -0.15) is 4.98 Å². The summed E-state index contributed by atoms with van der Waals surface area (Å²) in [5.74, 6) is 0.481. The van der Waals surface area contributed by atoms with Gasteiger partial charge in [0.05, 0.1) is 13.1 Å². The third kappa shape index (κ3) is 1.56. The molecule has 82 valence electrons. The van der Waals surface area contributed by atoms with E-state index in [9.17, 15) is 0 Å². The van der Waals surface area contributed by atoms with Crippen molar-refractivity contribution in [3.8, 4) is 0 Å². The van der Waals surface area contributed by atoms with Crippen LogP contribution in [0.15, 0.2) is 38.0 Å². The van der Waals surface area contributed by atoms with Crippen LogP contribution in [0.2, 0.25) is 0 Å². The summed E-state index contributed by atoms with van der Waals surface area (Å²) in [7, 11) is 0. The lowest BCUT2D eigenvalue weighted by molar-refractivity contribution is -0.663. The van der Waals surface area contributed by atoms with Gasteiger partial charge in [0, 0.05) is 0 Å². The van der Waals surface area contributed by atoms with E-state index in [1.807, 2.05) is 27.6 Å². The summed E-state index contributed by atoms with van der Waals surface area (Å²) in [5.41, 5.74) is 7.50. The minimum atomic E-state index is 0.481. The largest absolute Gasteiger partial charge is 0.380 e. The zero-order valence-corrected chi connectivity index (χ0v) is 9.00. The highest BCUT2D eigenvalue weighted by molar-refractivity contribution is 5.79. The van der Waals surface area contributed by atoms with Gasteiger partial charge in [-0.25, -0.2) is 4.57 Å². The zero-order chi connectivity index (χ0) is 11.5. The van der Waals surface area contributed by atoms with Gasteiger partial charge in [-0.1, -0.05) is 30.3 Å². The molecule has 2 aromatic heterocycles. The number of hydrogen-bond acceptors (Lipinski definition) is 3. The van der Waals surface area contributed by atoms with Crippen LogP contribution in [0.4, 0.5) is 5.82 Å². The maximum absolute atomic E-state index is 5.85. The van der Waals surface area contributed by atoms with Crippen molar-refractivity contribution in [1.82, 2.24) is 14.5 Å². The van der Waals surface area contributed by atoms with Crippen molar-refractivity contribution < 1.29 is 4.57 Å². The number of anilines is 1. The Morgan fingerprint density at radius 1 is 1.38 bits per heavy atom. The van der Waals surface area contributed by atoms with Gasteiger partial charge in [0.1, 0.15) is 0 Å². The topological polar surface area (TPSA) is 60.6 Å². The Balaban J connectivity index is 2.70. The van der Waals surface area contributed by atoms with Crippen LogP contribution in [0, 0.1) is 0 Å². The molecule has 16 heavy (non-hydrogen) atoms. The third-order valence-corrected chi connectivity index (χ3v) is 2.32. The van der Waals surface area contributed by atoms with E-state index in [0.29, 0.717) is 18.9 Å². The van der Waals surface area contributed by atoms with E-state index < -0.39 is 0 Å². The van der Waals surface area contributed by atoms with Crippen molar-refractivity contribution in [2.45, 2.75) is 13.1 Å². The lowest BCUT2D eigenvalue weighted by Crippen LogP contribution is -2.31. The average Bonchev–Trinajstić information content (AvgIpc) is 2.60. The lowest BCUT2D eigenvalue weighted by Gasteiger charge is -1.94. The van der Waals surface area contributed by atoms with Crippen LogP contribution in [-0.4, -0.2) is 14.5 Å². The zero-order valence-electron chi connectivity index (χ0n) is 9.00. The minimum absolute atomic E-state index is 0.481. The molecule has 2 heterocycles. The van der Waals surface area contributed by atoms with Crippen molar-refractivity contribution >= 4 is 17.0 Å². The van der Waals surface area contributed by atoms with Crippen LogP contribution < -0.4 is 10.3 Å². The van der Waals surface area contributed by atoms with Gasteiger partial charge >= 0.3 is 5.65 Å². The second-order valence-electron chi connectivity index (χ2n) is 3.43. The monoisotopic (exact) mass is 216 g/mol. The van der Waals surface area contributed by atoms with Gasteiger partial charge in [-0.05, 0) is 0 Å². The molecule has 2 N–H and O–H groups in total. The van der Waals surface area contributed by atoms with Crippen molar-refractivity contribution in [3.05, 3.63) is 38.0 Å². The number of aromatic nitrogens is 4. The first-order valence-corrected chi connectivity index (χ1v) is 4.98. The second-order valence-corrected chi connectivity index (χ2v) is 3.43. The van der Waals surface area contributed by atoms with Crippen molar-refractivity contribution in [3.63, 3.8) is 0 Å². The number of nitrogen functional groups attached to an aromatic ring is 1. The lowest BCUT2D eigenvalue weighted by atomic mass is 10.4. The van der Waals surface area contributed by atoms with Crippen LogP contribution in [0.1, 0.15) is 0 Å². The van der Waals surface area contributed by atoms with Crippen LogP contribution in [0.5, 0.6) is 0 Å². The number of nitrogens with zero attached hydrogens (tertiary/aromatic N) is 4. The molecule has 5 nitrogen and oxygen atoms in total. The summed E-state index contributed by atoms with van der Waals surface area (Å²) in [6.45, 7) is 8.80. The summed E-state index contributed by atoms with van der Waals surface area (Å²) in [6.07, 6.45) is 7.04. The van der Waals surface area contributed by atoms with Crippen molar-refractivity contribution in [1.29, 1.82) is 0 Å². The van der Waals surface area contributed by atoms with Crippen LogP contribution in [0.25, 0.3) is 11.2 Å². The number of imidazole rings is 1. The number of fused-ring (bicyclic) bond motifs is 1. The normalized spacial score (nSPS) is 10.5. The maximum atomic E-state index is 5.85. The smallest absolute Gasteiger partial charge is 0.307 e. The fourth-order valence-corrected chi connectivity index (χ4v) is 1.70. The molecule has 0 aromatic carbocycles. The first kappa shape index (κ1) is 10.4. The van der Waals surface area contributed by atoms with Gasteiger partial charge in [-0.15, -0.1) is 0 Å². The second kappa shape index (κ2) is 4.14. The van der Waals surface area contributed by atoms with E-state index in [2.05, 4.69) is 23.1 Å². The van der Waals surface area contributed by atoms with Crippen LogP contribution in [0.3, 0.4) is 0 Å². The molecule has 2 aromatic rings. The van der Waals surface area contributed by atoms with Gasteiger partial charge < -0.3 is 5.73 Å². The first-order chi connectivity index (χ1) is 7.77. The van der Waals surface area contributed by atoms with Crippen LogP contribution >= 0.6 is 0 Å². The van der Waals surface area contributed by atoms with E-state index >= 15 is 0 Å². The van der Waals surface area contributed by atoms with E-state index in [-0.39, 0.29) is 0 Å². The molecular weight excluding hydrogens is 202 g/mol. The highest BCUT2D eigenvalue weighted by Gasteiger charge is 2.18. The highest BCUT2D eigenvalue weighted by Crippen LogP contribution is 2.13. The van der Waals surface area contributed by atoms with E-state index in [4.69, 9.17) is 5.73 Å². The van der Waals surface area contributed by atoms with Crippen molar-refractivity contribution in [2.24, 2.45) is 0 Å². The molecular formula is C11H14N5+. The van der Waals surface area contributed by atoms with E-state index in [1.165, 1.54) is 6.33 Å². The first-order valence-electron chi connectivity index (χ1n) is 4.98. The predicted octanol–water partition coefficient (Wildman–Crippen LogP) is 0.673. The number of nitrogens with two attached hydrogens (primary N) is 1. The average molecular weight is 216 g/mol. The Labute approximate surface area is 93.6 Å². The molecule has 0 atom stereocenters. The Hall–Kier alpha value is -2.17. The number of rotatable bonds is 4. The molecule has 2 rings (SSSR count). The molecule has 0 radical (unpaired) electrons. The third-order valence-electron chi connectivity index (χ3n) is 2.32. The standard InChI is InChI=1S/C11H14N5/c1-3-5-15-8-16(6-4-2)11-9(15)10(12)13-7-14-11/h3-4,7-8H,1-2,5-6H2,(H2,12,13,14)/q+1. The molecule has 0 spiro atoms. The molecule has 0 aliphatic heterocycles. The minimum Gasteiger partial charge on any atom is -0.380 e. The van der Waals surface area contributed by atoms with Gasteiger partial charge in [0.25, 0.3) is 0 Å². The Kier molecular flexibility index (Phi) is 2.68. The summed E-state index contributed by atoms with van der Waals surface area (Å²) in [5, 5.41) is 0. The molecule has 0 bridgehead atoms. The maximum Gasteiger partial charge on any atom is 0.307 e. The van der Waals surface area contributed by atoms with Gasteiger partial charge in [0.2, 0.25) is 5.52 Å². The summed E-state index contributed by atoms with van der Waals surface area (Å²) in [6, 6.07) is 0. The number of hydrogen-bond donors (Lipinski definition) is 1. The molecule has 5 heteroatoms. The summed E-state index contributed by atoms with van der Waals surface area (Å²) in [4.78, 5) is 8.23. The molecule has 0 fully saturated rings. The van der Waals surface area contributed by atoms with Gasteiger partial charge in [-0.3, -0.25) is 4.57 Å². The summed E-state index contributed by atoms with van der Waals surface area (Å²) >= 11 is 0. The molecule has 0 saturated carbocycles. The SMILES string of the molecule is C=CCn1c[n+](CC=C)c2ncnc(N)c21. The molecule has 0 amide bonds. The summed E-state index contributed by atoms with van der Waals surface area (Å²) < 4.78 is 3.95. The molecule has 0 aliphatic rings. The fourth-order valence-electron chi connectivity index (χ4n) is 1.70. The van der Waals surface area contributed by atoms with E-state index in [0.717, 1.165) is 11.2 Å².